The Hall–Kier alpha value is -1.82. The minimum absolute atomic E-state index is 0.0437. The molecule has 1 heterocycles. The number of nitrogens with two attached hydrogens (primary N) is 1. The molecular formula is C12H15N3O2S. The Morgan fingerprint density at radius 2 is 2.28 bits per heavy atom. The maximum atomic E-state index is 11.6. The number of hydrazine groups is 1. The average Bonchev–Trinajstić information content (AvgIpc) is 2.36. The molecule has 0 aromatic heterocycles. The second kappa shape index (κ2) is 5.68. The van der Waals surface area contributed by atoms with Gasteiger partial charge in [-0.25, -0.2) is 0 Å². The van der Waals surface area contributed by atoms with Crippen LogP contribution >= 0.6 is 12.2 Å². The Labute approximate surface area is 111 Å². The number of benzene rings is 1. The Bertz CT molecular complexity index is 476. The van der Waals surface area contributed by atoms with Crippen molar-refractivity contribution in [2.45, 2.75) is 19.3 Å². The highest BCUT2D eigenvalue weighted by atomic mass is 32.1. The Kier molecular flexibility index (Phi) is 3.99. The van der Waals surface area contributed by atoms with Crippen LogP contribution in [-0.4, -0.2) is 17.6 Å². The van der Waals surface area contributed by atoms with Crippen molar-refractivity contribution in [2.75, 3.05) is 6.61 Å². The summed E-state index contributed by atoms with van der Waals surface area (Å²) in [6.07, 6.45) is 2.30. The van der Waals surface area contributed by atoms with E-state index in [4.69, 9.17) is 10.5 Å². The van der Waals surface area contributed by atoms with Gasteiger partial charge in [-0.3, -0.25) is 15.6 Å². The maximum Gasteiger partial charge on any atom is 0.242 e. The molecule has 0 spiro atoms. The van der Waals surface area contributed by atoms with Gasteiger partial charge in [0.2, 0.25) is 5.91 Å². The summed E-state index contributed by atoms with van der Waals surface area (Å²) in [5, 5.41) is 0.0437. The maximum absolute atomic E-state index is 11.6. The minimum atomic E-state index is -0.181. The average molecular weight is 265 g/mol. The van der Waals surface area contributed by atoms with E-state index in [1.54, 1.807) is 0 Å². The lowest BCUT2D eigenvalue weighted by Crippen LogP contribution is -2.44. The van der Waals surface area contributed by atoms with E-state index in [9.17, 15) is 4.79 Å². The van der Waals surface area contributed by atoms with Crippen molar-refractivity contribution < 1.29 is 9.53 Å². The molecule has 0 saturated carbocycles. The smallest absolute Gasteiger partial charge is 0.242 e. The first-order valence-corrected chi connectivity index (χ1v) is 6.15. The number of nitrogens with one attached hydrogen (secondary N) is 2. The predicted molar refractivity (Wildman–Crippen MR) is 72.0 cm³/mol. The van der Waals surface area contributed by atoms with Crippen LogP contribution in [0.15, 0.2) is 18.2 Å². The number of carbonyl (C=O) groups excluding carboxylic acids is 1. The number of thiocarbonyl (C=S) groups is 1. The van der Waals surface area contributed by atoms with Crippen LogP contribution in [0.2, 0.25) is 0 Å². The van der Waals surface area contributed by atoms with Crippen molar-refractivity contribution in [3.05, 3.63) is 29.3 Å². The molecule has 0 bridgehead atoms. The molecule has 4 N–H and O–H groups in total. The highest BCUT2D eigenvalue weighted by Crippen LogP contribution is 2.25. The second-order valence-electron chi connectivity index (χ2n) is 4.11. The SMILES string of the molecule is NC(=S)NNC(=O)Cc1ccc2c(c1)CCCO2. The molecule has 0 unspecified atom stereocenters. The number of fused-ring (bicyclic) bond motifs is 1. The summed E-state index contributed by atoms with van der Waals surface area (Å²) in [5.41, 5.74) is 12.2. The van der Waals surface area contributed by atoms with Crippen molar-refractivity contribution in [2.24, 2.45) is 5.73 Å². The molecule has 1 aromatic carbocycles. The minimum Gasteiger partial charge on any atom is -0.493 e. The fraction of sp³-hybridized carbons (Fsp3) is 0.333. The van der Waals surface area contributed by atoms with Crippen LogP contribution in [0.3, 0.4) is 0 Å². The number of amides is 1. The van der Waals surface area contributed by atoms with E-state index in [-0.39, 0.29) is 17.4 Å². The van der Waals surface area contributed by atoms with Gasteiger partial charge in [0.1, 0.15) is 5.75 Å². The van der Waals surface area contributed by atoms with E-state index >= 15 is 0 Å². The molecule has 0 aliphatic carbocycles. The summed E-state index contributed by atoms with van der Waals surface area (Å²) < 4.78 is 5.52. The number of hydrogen-bond donors (Lipinski definition) is 3. The van der Waals surface area contributed by atoms with Gasteiger partial charge in [-0.15, -0.1) is 0 Å². The van der Waals surface area contributed by atoms with Crippen LogP contribution in [0.1, 0.15) is 17.5 Å². The molecule has 0 saturated heterocycles. The Morgan fingerprint density at radius 1 is 1.44 bits per heavy atom. The number of carbonyl (C=O) groups is 1. The molecular weight excluding hydrogens is 250 g/mol. The first-order chi connectivity index (χ1) is 8.65. The van der Waals surface area contributed by atoms with Crippen LogP contribution in [0.25, 0.3) is 0 Å². The lowest BCUT2D eigenvalue weighted by molar-refractivity contribution is -0.121. The van der Waals surface area contributed by atoms with E-state index in [0.29, 0.717) is 0 Å². The van der Waals surface area contributed by atoms with Gasteiger partial charge in [-0.2, -0.15) is 0 Å². The molecule has 0 atom stereocenters. The Balaban J connectivity index is 1.97. The summed E-state index contributed by atoms with van der Waals surface area (Å²) >= 11 is 4.59. The van der Waals surface area contributed by atoms with Crippen LogP contribution in [0.4, 0.5) is 0 Å². The topological polar surface area (TPSA) is 76.4 Å². The van der Waals surface area contributed by atoms with E-state index in [1.807, 2.05) is 18.2 Å². The molecule has 6 heteroatoms. The lowest BCUT2D eigenvalue weighted by atomic mass is 10.0. The van der Waals surface area contributed by atoms with Crippen LogP contribution in [0.5, 0.6) is 5.75 Å². The fourth-order valence-corrected chi connectivity index (χ4v) is 1.94. The van der Waals surface area contributed by atoms with Gasteiger partial charge >= 0.3 is 0 Å². The zero-order valence-corrected chi connectivity index (χ0v) is 10.7. The van der Waals surface area contributed by atoms with Gasteiger partial charge < -0.3 is 10.5 Å². The van der Waals surface area contributed by atoms with E-state index in [2.05, 4.69) is 23.1 Å². The number of rotatable bonds is 2. The van der Waals surface area contributed by atoms with E-state index in [0.717, 1.165) is 36.3 Å². The standard InChI is InChI=1S/C12H15N3O2S/c13-12(18)15-14-11(16)7-8-3-4-10-9(6-8)2-1-5-17-10/h3-4,6H,1-2,5,7H2,(H,14,16)(H3,13,15,18). The van der Waals surface area contributed by atoms with Gasteiger partial charge in [-0.1, -0.05) is 12.1 Å². The van der Waals surface area contributed by atoms with E-state index < -0.39 is 0 Å². The van der Waals surface area contributed by atoms with Gasteiger partial charge in [0.25, 0.3) is 0 Å². The van der Waals surface area contributed by atoms with Gasteiger partial charge in [0, 0.05) is 0 Å². The normalized spacial score (nSPS) is 13.1. The largest absolute Gasteiger partial charge is 0.493 e. The molecule has 1 aromatic rings. The quantitative estimate of drug-likeness (QED) is 0.533. The first-order valence-electron chi connectivity index (χ1n) is 5.74. The molecule has 1 amide bonds. The first kappa shape index (κ1) is 12.6. The van der Waals surface area contributed by atoms with Crippen LogP contribution in [-0.2, 0) is 17.6 Å². The van der Waals surface area contributed by atoms with Gasteiger partial charge in [-0.05, 0) is 42.3 Å². The summed E-state index contributed by atoms with van der Waals surface area (Å²) in [6, 6.07) is 5.82. The summed E-state index contributed by atoms with van der Waals surface area (Å²) in [4.78, 5) is 11.6. The number of ether oxygens (including phenoxy) is 1. The van der Waals surface area contributed by atoms with Gasteiger partial charge in [0.15, 0.2) is 5.11 Å². The van der Waals surface area contributed by atoms with Crippen LogP contribution < -0.4 is 21.3 Å². The predicted octanol–water partition coefficient (Wildman–Crippen LogP) is 0.419. The third kappa shape index (κ3) is 3.33. The van der Waals surface area contributed by atoms with E-state index in [1.165, 1.54) is 0 Å². The zero-order chi connectivity index (χ0) is 13.0. The third-order valence-electron chi connectivity index (χ3n) is 2.66. The fourth-order valence-electron chi connectivity index (χ4n) is 1.88. The molecule has 18 heavy (non-hydrogen) atoms. The lowest BCUT2D eigenvalue weighted by Gasteiger charge is -2.17. The summed E-state index contributed by atoms with van der Waals surface area (Å²) in [7, 11) is 0. The van der Waals surface area contributed by atoms with Crippen molar-refractivity contribution in [1.82, 2.24) is 10.9 Å². The molecule has 2 rings (SSSR count). The molecule has 5 nitrogen and oxygen atoms in total. The zero-order valence-electron chi connectivity index (χ0n) is 9.86. The van der Waals surface area contributed by atoms with Crippen molar-refractivity contribution in [3.8, 4) is 5.75 Å². The van der Waals surface area contributed by atoms with Crippen molar-refractivity contribution >= 4 is 23.2 Å². The summed E-state index contributed by atoms with van der Waals surface area (Å²) in [5.74, 6) is 0.742. The molecule has 0 fully saturated rings. The molecule has 1 aliphatic heterocycles. The third-order valence-corrected chi connectivity index (χ3v) is 2.76. The molecule has 96 valence electrons. The highest BCUT2D eigenvalue weighted by Gasteiger charge is 2.11. The number of hydrogen-bond acceptors (Lipinski definition) is 3. The summed E-state index contributed by atoms with van der Waals surface area (Å²) in [6.45, 7) is 0.769. The van der Waals surface area contributed by atoms with Crippen LogP contribution in [0, 0.1) is 0 Å². The monoisotopic (exact) mass is 265 g/mol. The second-order valence-corrected chi connectivity index (χ2v) is 4.55. The van der Waals surface area contributed by atoms with Crippen molar-refractivity contribution in [3.63, 3.8) is 0 Å². The highest BCUT2D eigenvalue weighted by molar-refractivity contribution is 7.80. The van der Waals surface area contributed by atoms with Gasteiger partial charge in [0.05, 0.1) is 13.0 Å². The van der Waals surface area contributed by atoms with Crippen molar-refractivity contribution in [1.29, 1.82) is 0 Å². The molecule has 1 aliphatic rings. The Morgan fingerprint density at radius 3 is 3.06 bits per heavy atom. The molecule has 0 radical (unpaired) electrons. The number of aryl methyl sites for hydroxylation is 1.